The van der Waals surface area contributed by atoms with E-state index in [0.717, 1.165) is 48.9 Å². The molecule has 1 atom stereocenters. The van der Waals surface area contributed by atoms with E-state index in [0.29, 0.717) is 25.6 Å². The van der Waals surface area contributed by atoms with Crippen molar-refractivity contribution in [1.29, 1.82) is 0 Å². The van der Waals surface area contributed by atoms with Crippen molar-refractivity contribution in [1.82, 2.24) is 9.97 Å². The molecule has 1 aromatic heterocycles. The number of rotatable bonds is 4. The fourth-order valence-electron chi connectivity index (χ4n) is 3.34. The van der Waals surface area contributed by atoms with Crippen LogP contribution in [0.25, 0.3) is 11.4 Å². The number of ether oxygens (including phenoxy) is 2. The van der Waals surface area contributed by atoms with Crippen LogP contribution in [0.1, 0.15) is 12.0 Å². The number of anilines is 2. The molecule has 4 rings (SSSR count). The number of aromatic nitrogens is 2. The first-order valence-electron chi connectivity index (χ1n) is 9.06. The molecule has 7 heteroatoms. The molecule has 1 aromatic carbocycles. The molecular weight excluding hydrogens is 332 g/mol. The maximum Gasteiger partial charge on any atom is 0.164 e. The second-order valence-electron chi connectivity index (χ2n) is 6.70. The van der Waals surface area contributed by atoms with Crippen LogP contribution in [0, 0.1) is 6.92 Å². The highest BCUT2D eigenvalue weighted by molar-refractivity contribution is 5.67. The molecule has 1 unspecified atom stereocenters. The highest BCUT2D eigenvalue weighted by Crippen LogP contribution is 2.30. The predicted molar refractivity (Wildman–Crippen MR) is 99.7 cm³/mol. The Labute approximate surface area is 153 Å². The van der Waals surface area contributed by atoms with E-state index >= 15 is 0 Å². The molecule has 2 saturated heterocycles. The molecule has 0 saturated carbocycles. The molecule has 0 bridgehead atoms. The zero-order valence-corrected chi connectivity index (χ0v) is 14.9. The summed E-state index contributed by atoms with van der Waals surface area (Å²) in [4.78, 5) is 11.8. The van der Waals surface area contributed by atoms with Gasteiger partial charge >= 0.3 is 0 Å². The second-order valence-corrected chi connectivity index (χ2v) is 6.70. The summed E-state index contributed by atoms with van der Waals surface area (Å²) < 4.78 is 11.0. The van der Waals surface area contributed by atoms with Gasteiger partial charge in [-0.05, 0) is 25.5 Å². The van der Waals surface area contributed by atoms with Crippen LogP contribution in [0.3, 0.4) is 0 Å². The maximum absolute atomic E-state index is 9.83. The van der Waals surface area contributed by atoms with Crippen molar-refractivity contribution >= 4 is 11.6 Å². The Hall–Kier alpha value is -2.38. The van der Waals surface area contributed by atoms with Gasteiger partial charge in [-0.25, -0.2) is 9.97 Å². The van der Waals surface area contributed by atoms with Crippen LogP contribution in [-0.2, 0) is 9.47 Å². The van der Waals surface area contributed by atoms with E-state index in [9.17, 15) is 5.11 Å². The Kier molecular flexibility index (Phi) is 4.90. The third kappa shape index (κ3) is 3.59. The van der Waals surface area contributed by atoms with Crippen LogP contribution in [0.15, 0.2) is 24.3 Å². The van der Waals surface area contributed by atoms with Crippen molar-refractivity contribution in [3.8, 4) is 17.1 Å². The Bertz CT molecular complexity index is 771. The summed E-state index contributed by atoms with van der Waals surface area (Å²) in [6, 6.07) is 7.32. The third-order valence-corrected chi connectivity index (χ3v) is 4.81. The average molecular weight is 356 g/mol. The van der Waals surface area contributed by atoms with Crippen molar-refractivity contribution in [2.75, 3.05) is 49.7 Å². The standard InChI is InChI=1S/C19H24N4O3/c1-13-17(20-15-5-8-26-12-15)21-18(14-3-2-4-16(24)11-14)22-19(13)23-6-9-25-10-7-23/h2-4,11,15,24H,5-10,12H2,1H3,(H,20,21,22). The lowest BCUT2D eigenvalue weighted by molar-refractivity contribution is 0.122. The lowest BCUT2D eigenvalue weighted by Crippen LogP contribution is -2.37. The summed E-state index contributed by atoms with van der Waals surface area (Å²) in [6.07, 6.45) is 0.970. The van der Waals surface area contributed by atoms with Crippen LogP contribution in [-0.4, -0.2) is 60.6 Å². The summed E-state index contributed by atoms with van der Waals surface area (Å²) in [5.41, 5.74) is 1.83. The first-order valence-corrected chi connectivity index (χ1v) is 9.06. The molecule has 0 amide bonds. The lowest BCUT2D eigenvalue weighted by atomic mass is 10.1. The van der Waals surface area contributed by atoms with Crippen molar-refractivity contribution in [2.45, 2.75) is 19.4 Å². The van der Waals surface area contributed by atoms with Gasteiger partial charge in [-0.15, -0.1) is 0 Å². The zero-order chi connectivity index (χ0) is 17.9. The van der Waals surface area contributed by atoms with Gasteiger partial charge in [-0.2, -0.15) is 0 Å². The number of morpholine rings is 1. The van der Waals surface area contributed by atoms with E-state index in [4.69, 9.17) is 19.4 Å². The first kappa shape index (κ1) is 17.1. The van der Waals surface area contributed by atoms with Crippen molar-refractivity contribution in [3.05, 3.63) is 29.8 Å². The minimum atomic E-state index is 0.207. The SMILES string of the molecule is Cc1c(NC2CCOC2)nc(-c2cccc(O)c2)nc1N1CCOCC1. The van der Waals surface area contributed by atoms with Gasteiger partial charge in [0.1, 0.15) is 17.4 Å². The number of hydrogen-bond acceptors (Lipinski definition) is 7. The number of phenolic OH excluding ortho intramolecular Hbond substituents is 1. The highest BCUT2D eigenvalue weighted by Gasteiger charge is 2.22. The van der Waals surface area contributed by atoms with Crippen LogP contribution in [0.2, 0.25) is 0 Å². The number of nitrogens with zero attached hydrogens (tertiary/aromatic N) is 3. The normalized spacial score (nSPS) is 20.3. The van der Waals surface area contributed by atoms with Gasteiger partial charge in [0.2, 0.25) is 0 Å². The van der Waals surface area contributed by atoms with Crippen molar-refractivity contribution in [2.24, 2.45) is 0 Å². The quantitative estimate of drug-likeness (QED) is 0.869. The Morgan fingerprint density at radius 3 is 2.73 bits per heavy atom. The lowest BCUT2D eigenvalue weighted by Gasteiger charge is -2.30. The van der Waals surface area contributed by atoms with Crippen LogP contribution < -0.4 is 10.2 Å². The maximum atomic E-state index is 9.83. The Morgan fingerprint density at radius 1 is 1.15 bits per heavy atom. The number of benzene rings is 1. The average Bonchev–Trinajstić information content (AvgIpc) is 3.17. The molecule has 2 N–H and O–H groups in total. The molecule has 0 aliphatic carbocycles. The van der Waals surface area contributed by atoms with Gasteiger partial charge in [-0.3, -0.25) is 0 Å². The van der Waals surface area contributed by atoms with E-state index in [1.165, 1.54) is 0 Å². The van der Waals surface area contributed by atoms with Crippen LogP contribution in [0.5, 0.6) is 5.75 Å². The molecule has 2 fully saturated rings. The summed E-state index contributed by atoms with van der Waals surface area (Å²) in [6.45, 7) is 6.53. The van der Waals surface area contributed by atoms with Crippen molar-refractivity contribution in [3.63, 3.8) is 0 Å². The van der Waals surface area contributed by atoms with E-state index in [-0.39, 0.29) is 11.8 Å². The fraction of sp³-hybridized carbons (Fsp3) is 0.474. The molecule has 2 aliphatic rings. The van der Waals surface area contributed by atoms with Gasteiger partial charge in [0, 0.05) is 30.8 Å². The summed E-state index contributed by atoms with van der Waals surface area (Å²) in [5.74, 6) is 2.56. The molecule has 3 heterocycles. The van der Waals surface area contributed by atoms with E-state index in [1.807, 2.05) is 6.07 Å². The minimum Gasteiger partial charge on any atom is -0.508 e. The zero-order valence-electron chi connectivity index (χ0n) is 14.9. The van der Waals surface area contributed by atoms with Gasteiger partial charge < -0.3 is 24.8 Å². The van der Waals surface area contributed by atoms with E-state index in [1.54, 1.807) is 18.2 Å². The van der Waals surface area contributed by atoms with Gasteiger partial charge in [0.05, 0.1) is 25.9 Å². The fourth-order valence-corrected chi connectivity index (χ4v) is 3.34. The van der Waals surface area contributed by atoms with E-state index < -0.39 is 0 Å². The number of aromatic hydroxyl groups is 1. The van der Waals surface area contributed by atoms with Gasteiger partial charge in [-0.1, -0.05) is 12.1 Å². The summed E-state index contributed by atoms with van der Waals surface area (Å²) in [5, 5.41) is 13.3. The molecule has 0 radical (unpaired) electrons. The minimum absolute atomic E-state index is 0.207. The van der Waals surface area contributed by atoms with E-state index in [2.05, 4.69) is 17.1 Å². The van der Waals surface area contributed by atoms with Crippen molar-refractivity contribution < 1.29 is 14.6 Å². The highest BCUT2D eigenvalue weighted by atomic mass is 16.5. The topological polar surface area (TPSA) is 79.7 Å². The summed E-state index contributed by atoms with van der Waals surface area (Å²) >= 11 is 0. The molecule has 0 spiro atoms. The smallest absolute Gasteiger partial charge is 0.164 e. The molecule has 26 heavy (non-hydrogen) atoms. The van der Waals surface area contributed by atoms with Crippen LogP contribution in [0.4, 0.5) is 11.6 Å². The Morgan fingerprint density at radius 2 is 2.00 bits per heavy atom. The third-order valence-electron chi connectivity index (χ3n) is 4.81. The number of nitrogens with one attached hydrogen (secondary N) is 1. The Balaban J connectivity index is 1.74. The second kappa shape index (κ2) is 7.47. The monoisotopic (exact) mass is 356 g/mol. The predicted octanol–water partition coefficient (Wildman–Crippen LogP) is 2.20. The van der Waals surface area contributed by atoms with Gasteiger partial charge in [0.25, 0.3) is 0 Å². The molecule has 7 nitrogen and oxygen atoms in total. The van der Waals surface area contributed by atoms with Crippen LogP contribution >= 0.6 is 0 Å². The molecule has 2 aromatic rings. The molecular formula is C19H24N4O3. The number of phenols is 1. The largest absolute Gasteiger partial charge is 0.508 e. The number of hydrogen-bond donors (Lipinski definition) is 2. The first-order chi connectivity index (χ1) is 12.7. The molecule has 2 aliphatic heterocycles. The molecule has 138 valence electrons. The van der Waals surface area contributed by atoms with Gasteiger partial charge in [0.15, 0.2) is 5.82 Å². The summed E-state index contributed by atoms with van der Waals surface area (Å²) in [7, 11) is 0.